The predicted octanol–water partition coefficient (Wildman–Crippen LogP) is -0.0488. The van der Waals surface area contributed by atoms with Crippen LogP contribution in [0.5, 0.6) is 11.2 Å². The normalized spacial score (nSPS) is 10.4. The van der Waals surface area contributed by atoms with Gasteiger partial charge in [0.25, 0.3) is 0 Å². The predicted molar refractivity (Wildman–Crippen MR) is 46.9 cm³/mol. The molecule has 0 saturated heterocycles. The van der Waals surface area contributed by atoms with Gasteiger partial charge in [0.05, 0.1) is 6.61 Å². The van der Waals surface area contributed by atoms with Gasteiger partial charge in [0.1, 0.15) is 11.3 Å². The van der Waals surface area contributed by atoms with Crippen LogP contribution in [0, 0.1) is 0 Å². The molecule has 0 bridgehead atoms. The lowest BCUT2D eigenvalue weighted by molar-refractivity contribution is 0.280. The lowest BCUT2D eigenvalue weighted by atomic mass is 10.8. The Morgan fingerprint density at radius 1 is 1.57 bits per heavy atom. The molecule has 0 spiro atoms. The van der Waals surface area contributed by atoms with Crippen LogP contribution < -0.4 is 4.74 Å². The fraction of sp³-hybridized carbons (Fsp3) is 0.333. The smallest absolute Gasteiger partial charge is 0.342 e. The summed E-state index contributed by atoms with van der Waals surface area (Å²) in [5.74, 6) is 0. The highest BCUT2D eigenvalue weighted by Crippen LogP contribution is 2.21. The molecule has 0 aliphatic rings. The Bertz CT molecular complexity index is 425. The van der Waals surface area contributed by atoms with Gasteiger partial charge >= 0.3 is 11.2 Å². The van der Waals surface area contributed by atoms with E-state index in [-0.39, 0.29) is 12.6 Å². The van der Waals surface area contributed by atoms with Gasteiger partial charge in [-0.15, -0.1) is 10.2 Å². The minimum absolute atomic E-state index is 0.142. The fourth-order valence-electron chi connectivity index (χ4n) is 0.788. The first-order valence-corrected chi connectivity index (χ1v) is 4.56. The molecule has 0 radical (unpaired) electrons. The molecule has 0 aliphatic heterocycles. The molecule has 0 aromatic carbocycles. The van der Waals surface area contributed by atoms with E-state index in [4.69, 9.17) is 9.84 Å². The van der Waals surface area contributed by atoms with Gasteiger partial charge < -0.3 is 9.84 Å². The average molecular weight is 213 g/mol. The molecule has 2 rings (SSSR count). The second-order valence-corrected chi connectivity index (χ2v) is 3.45. The topological polar surface area (TPSA) is 86.0 Å². The monoisotopic (exact) mass is 213 g/mol. The first-order chi connectivity index (χ1) is 6.78. The Morgan fingerprint density at radius 3 is 3.00 bits per heavy atom. The van der Waals surface area contributed by atoms with Crippen molar-refractivity contribution in [2.24, 2.45) is 7.05 Å². The van der Waals surface area contributed by atoms with Gasteiger partial charge in [0.2, 0.25) is 0 Å². The molecule has 0 unspecified atom stereocenters. The maximum absolute atomic E-state index is 8.74. The summed E-state index contributed by atoms with van der Waals surface area (Å²) < 4.78 is 6.69. The van der Waals surface area contributed by atoms with E-state index in [1.165, 1.54) is 11.0 Å². The van der Waals surface area contributed by atoms with Crippen molar-refractivity contribution in [2.45, 2.75) is 6.61 Å². The number of hydrogen-bond acceptors (Lipinski definition) is 7. The van der Waals surface area contributed by atoms with Crippen molar-refractivity contribution >= 4 is 11.3 Å². The first-order valence-electron chi connectivity index (χ1n) is 3.74. The third-order valence-electron chi connectivity index (χ3n) is 1.34. The Kier molecular flexibility index (Phi) is 2.37. The van der Waals surface area contributed by atoms with Crippen LogP contribution in [0.3, 0.4) is 0 Å². The zero-order valence-electron chi connectivity index (χ0n) is 7.28. The number of aliphatic hydroxyl groups is 1. The van der Waals surface area contributed by atoms with Gasteiger partial charge in [-0.1, -0.05) is 16.4 Å². The molecule has 1 N–H and O–H groups in total. The quantitative estimate of drug-likeness (QED) is 0.769. The van der Waals surface area contributed by atoms with E-state index in [9.17, 15) is 0 Å². The van der Waals surface area contributed by atoms with E-state index in [1.54, 1.807) is 7.05 Å². The van der Waals surface area contributed by atoms with E-state index in [1.807, 2.05) is 0 Å². The van der Waals surface area contributed by atoms with Crippen LogP contribution in [0.4, 0.5) is 0 Å². The molecule has 0 saturated carbocycles. The molecule has 74 valence electrons. The van der Waals surface area contributed by atoms with Gasteiger partial charge in [-0.25, -0.2) is 0 Å². The molecule has 2 aromatic rings. The van der Waals surface area contributed by atoms with Crippen LogP contribution >= 0.6 is 11.3 Å². The van der Waals surface area contributed by atoms with Crippen LogP contribution in [0.2, 0.25) is 0 Å². The van der Waals surface area contributed by atoms with Crippen molar-refractivity contribution in [3.63, 3.8) is 0 Å². The summed E-state index contributed by atoms with van der Waals surface area (Å²) in [5.41, 5.74) is 0. The zero-order valence-corrected chi connectivity index (χ0v) is 8.10. The summed E-state index contributed by atoms with van der Waals surface area (Å²) in [4.78, 5) is 3.85. The number of rotatable bonds is 3. The van der Waals surface area contributed by atoms with Crippen molar-refractivity contribution in [3.8, 4) is 11.2 Å². The Morgan fingerprint density at radius 2 is 2.43 bits per heavy atom. The highest BCUT2D eigenvalue weighted by Gasteiger charge is 2.07. The van der Waals surface area contributed by atoms with Gasteiger partial charge in [-0.3, -0.25) is 4.68 Å². The maximum atomic E-state index is 8.74. The Balaban J connectivity index is 2.10. The van der Waals surface area contributed by atoms with Gasteiger partial charge in [-0.05, 0) is 0 Å². The van der Waals surface area contributed by atoms with Crippen LogP contribution in [-0.4, -0.2) is 30.1 Å². The van der Waals surface area contributed by atoms with E-state index < -0.39 is 0 Å². The SMILES string of the molecule is Cn1cnc(Oc2nnc(CO)s2)n1. The Hall–Kier alpha value is -1.54. The van der Waals surface area contributed by atoms with Crippen molar-refractivity contribution in [2.75, 3.05) is 0 Å². The second-order valence-electron chi connectivity index (χ2n) is 2.42. The third-order valence-corrected chi connectivity index (χ3v) is 2.13. The second kappa shape index (κ2) is 3.68. The minimum Gasteiger partial charge on any atom is -0.393 e. The number of aryl methyl sites for hydroxylation is 1. The number of hydrogen-bond donors (Lipinski definition) is 1. The van der Waals surface area contributed by atoms with Crippen molar-refractivity contribution in [3.05, 3.63) is 11.3 Å². The van der Waals surface area contributed by atoms with E-state index in [0.29, 0.717) is 10.2 Å². The molecular weight excluding hydrogens is 206 g/mol. The molecule has 0 aliphatic carbocycles. The highest BCUT2D eigenvalue weighted by molar-refractivity contribution is 7.13. The summed E-state index contributed by atoms with van der Waals surface area (Å²) >= 11 is 1.15. The molecule has 7 nitrogen and oxygen atoms in total. The lowest BCUT2D eigenvalue weighted by Gasteiger charge is -1.90. The average Bonchev–Trinajstić information content (AvgIpc) is 2.76. The highest BCUT2D eigenvalue weighted by atomic mass is 32.1. The molecule has 2 aromatic heterocycles. The van der Waals surface area contributed by atoms with E-state index >= 15 is 0 Å². The summed E-state index contributed by atoms with van der Waals surface area (Å²) in [6.07, 6.45) is 1.52. The number of ether oxygens (including phenoxy) is 1. The molecule has 0 atom stereocenters. The number of aromatic nitrogens is 5. The van der Waals surface area contributed by atoms with E-state index in [0.717, 1.165) is 11.3 Å². The van der Waals surface area contributed by atoms with E-state index in [2.05, 4.69) is 20.3 Å². The minimum atomic E-state index is -0.142. The standard InChI is InChI=1S/C6H7N5O2S/c1-11-3-7-5(10-11)13-6-9-8-4(2-12)14-6/h3,12H,2H2,1H3. The molecular formula is C6H7N5O2S. The van der Waals surface area contributed by atoms with Crippen molar-refractivity contribution in [1.29, 1.82) is 0 Å². The van der Waals surface area contributed by atoms with Gasteiger partial charge in [0.15, 0.2) is 0 Å². The van der Waals surface area contributed by atoms with Crippen LogP contribution in [0.15, 0.2) is 6.33 Å². The van der Waals surface area contributed by atoms with Gasteiger partial charge in [0, 0.05) is 7.05 Å². The zero-order chi connectivity index (χ0) is 9.97. The fourth-order valence-corrected chi connectivity index (χ4v) is 1.33. The summed E-state index contributed by atoms with van der Waals surface area (Å²) in [6.45, 7) is -0.142. The molecule has 14 heavy (non-hydrogen) atoms. The number of aliphatic hydroxyl groups excluding tert-OH is 1. The third kappa shape index (κ3) is 1.86. The van der Waals surface area contributed by atoms with Crippen molar-refractivity contribution in [1.82, 2.24) is 25.0 Å². The van der Waals surface area contributed by atoms with Gasteiger partial charge in [-0.2, -0.15) is 4.98 Å². The largest absolute Gasteiger partial charge is 0.393 e. The Labute approximate surface area is 83.0 Å². The summed E-state index contributed by atoms with van der Waals surface area (Å²) in [7, 11) is 1.74. The molecule has 0 fully saturated rings. The van der Waals surface area contributed by atoms with Crippen LogP contribution in [0.1, 0.15) is 5.01 Å². The molecule has 2 heterocycles. The number of nitrogens with zero attached hydrogens (tertiary/aromatic N) is 5. The molecule has 0 amide bonds. The van der Waals surface area contributed by atoms with Crippen LogP contribution in [0.25, 0.3) is 0 Å². The summed E-state index contributed by atoms with van der Waals surface area (Å²) in [6, 6.07) is 0.216. The molecule has 8 heteroatoms. The van der Waals surface area contributed by atoms with Crippen LogP contribution in [-0.2, 0) is 13.7 Å². The van der Waals surface area contributed by atoms with Crippen molar-refractivity contribution < 1.29 is 9.84 Å². The first kappa shape index (κ1) is 9.03. The lowest BCUT2D eigenvalue weighted by Crippen LogP contribution is -1.89. The summed E-state index contributed by atoms with van der Waals surface area (Å²) in [5, 5.41) is 20.8. The maximum Gasteiger partial charge on any atom is 0.342 e.